The van der Waals surface area contributed by atoms with Crippen molar-refractivity contribution in [2.24, 2.45) is 0 Å². The van der Waals surface area contributed by atoms with Crippen LogP contribution in [0.2, 0.25) is 0 Å². The topological polar surface area (TPSA) is 165 Å². The maximum atomic E-state index is 13.2. The van der Waals surface area contributed by atoms with E-state index in [4.69, 9.17) is 0 Å². The molecule has 40 heavy (non-hydrogen) atoms. The van der Waals surface area contributed by atoms with Crippen LogP contribution in [0.15, 0.2) is 29.1 Å². The van der Waals surface area contributed by atoms with E-state index in [9.17, 15) is 38.3 Å². The number of rotatable bonds is 4. The van der Waals surface area contributed by atoms with Gasteiger partial charge in [-0.25, -0.2) is 9.37 Å². The van der Waals surface area contributed by atoms with Crippen molar-refractivity contribution < 1.29 is 33.5 Å². The molecule has 1 unspecified atom stereocenters. The lowest BCUT2D eigenvalue weighted by atomic mass is 10.2. The summed E-state index contributed by atoms with van der Waals surface area (Å²) in [6.45, 7) is -0.802. The lowest BCUT2D eigenvalue weighted by molar-refractivity contribution is -0.153. The van der Waals surface area contributed by atoms with Crippen molar-refractivity contribution >= 4 is 29.5 Å². The lowest BCUT2D eigenvalue weighted by Crippen LogP contribution is -2.48. The third-order valence-electron chi connectivity index (χ3n) is 6.29. The average Bonchev–Trinajstić information content (AvgIpc) is 3.12. The number of nitrogens with zero attached hydrogens (tertiary/aromatic N) is 6. The largest absolute Gasteiger partial charge is 0.501 e. The molecule has 1 aromatic carbocycles. The van der Waals surface area contributed by atoms with Crippen molar-refractivity contribution in [1.82, 2.24) is 34.5 Å². The third kappa shape index (κ3) is 6.08. The van der Waals surface area contributed by atoms with Gasteiger partial charge in [0.15, 0.2) is 5.69 Å². The summed E-state index contributed by atoms with van der Waals surface area (Å²) < 4.78 is 14.2. The molecule has 5 amide bonds. The first kappa shape index (κ1) is 29.7. The molecule has 1 aliphatic heterocycles. The molecular formula is C25H30FN7O7. The van der Waals surface area contributed by atoms with Crippen molar-refractivity contribution in [2.45, 2.75) is 19.1 Å². The smallest absolute Gasteiger partial charge is 0.312 e. The van der Waals surface area contributed by atoms with Gasteiger partial charge in [-0.1, -0.05) is 12.1 Å². The minimum Gasteiger partial charge on any atom is -0.501 e. The summed E-state index contributed by atoms with van der Waals surface area (Å²) in [4.78, 5) is 85.3. The van der Waals surface area contributed by atoms with Crippen molar-refractivity contribution in [3.8, 4) is 5.75 Å². The Morgan fingerprint density at radius 1 is 0.975 bits per heavy atom. The summed E-state index contributed by atoms with van der Waals surface area (Å²) >= 11 is 0. The van der Waals surface area contributed by atoms with Crippen molar-refractivity contribution in [3.63, 3.8) is 0 Å². The Labute approximate surface area is 228 Å². The van der Waals surface area contributed by atoms with E-state index >= 15 is 0 Å². The van der Waals surface area contributed by atoms with Gasteiger partial charge in [-0.2, -0.15) is 0 Å². The van der Waals surface area contributed by atoms with Crippen molar-refractivity contribution in [2.75, 3.05) is 48.3 Å². The molecule has 1 aliphatic rings. The average molecular weight is 560 g/mol. The van der Waals surface area contributed by atoms with Gasteiger partial charge in [0.1, 0.15) is 17.7 Å². The Balaban J connectivity index is 2.06. The number of fused-ring (bicyclic) bond motifs is 1. The number of hydrogen-bond donors (Lipinski definition) is 2. The number of halogens is 1. The number of benzene rings is 1. The summed E-state index contributed by atoms with van der Waals surface area (Å²) in [5, 5.41) is 13.1. The minimum atomic E-state index is -1.25. The first-order valence-electron chi connectivity index (χ1n) is 12.1. The van der Waals surface area contributed by atoms with Crippen molar-refractivity contribution in [1.29, 1.82) is 0 Å². The number of carbonyl (C=O) groups is 5. The maximum absolute atomic E-state index is 13.2. The van der Waals surface area contributed by atoms with Crippen LogP contribution in [-0.2, 0) is 32.3 Å². The van der Waals surface area contributed by atoms with Crippen LogP contribution in [0, 0.1) is 5.82 Å². The fraction of sp³-hybridized carbons (Fsp3) is 0.400. The van der Waals surface area contributed by atoms with Gasteiger partial charge in [0.2, 0.25) is 5.75 Å². The van der Waals surface area contributed by atoms with Gasteiger partial charge < -0.3 is 30.0 Å². The van der Waals surface area contributed by atoms with Gasteiger partial charge >= 0.3 is 23.6 Å². The molecule has 0 saturated carbocycles. The molecule has 1 atom stereocenters. The van der Waals surface area contributed by atoms with Gasteiger partial charge in [-0.3, -0.25) is 33.3 Å². The Bertz CT molecular complexity index is 1410. The number of carbonyl (C=O) groups excluding carboxylic acids is 5. The molecule has 0 aliphatic carbocycles. The predicted octanol–water partition coefficient (Wildman–Crippen LogP) is -1.46. The highest BCUT2D eigenvalue weighted by Crippen LogP contribution is 2.25. The zero-order chi connectivity index (χ0) is 29.9. The number of nitrogens with one attached hydrogen (secondary N) is 1. The first-order chi connectivity index (χ1) is 18.7. The van der Waals surface area contributed by atoms with E-state index < -0.39 is 58.4 Å². The van der Waals surface area contributed by atoms with Crippen LogP contribution in [0.4, 0.5) is 4.39 Å². The normalized spacial score (nSPS) is 14.4. The molecule has 3 rings (SSSR count). The van der Waals surface area contributed by atoms with Gasteiger partial charge in [0.25, 0.3) is 11.5 Å². The fourth-order valence-electron chi connectivity index (χ4n) is 3.95. The van der Waals surface area contributed by atoms with Crippen LogP contribution in [0.5, 0.6) is 5.75 Å². The Morgan fingerprint density at radius 2 is 1.57 bits per heavy atom. The third-order valence-corrected chi connectivity index (χ3v) is 6.29. The molecule has 1 aromatic heterocycles. The van der Waals surface area contributed by atoms with Gasteiger partial charge in [-0.05, 0) is 17.7 Å². The molecule has 0 spiro atoms. The molecular weight excluding hydrogens is 529 g/mol. The Kier molecular flexibility index (Phi) is 8.86. The van der Waals surface area contributed by atoms with E-state index in [1.165, 1.54) is 59.5 Å². The van der Waals surface area contributed by atoms with E-state index in [0.717, 1.165) is 24.2 Å². The highest BCUT2D eigenvalue weighted by Gasteiger charge is 2.38. The summed E-state index contributed by atoms with van der Waals surface area (Å²) in [6.07, 6.45) is 0. The molecule has 2 heterocycles. The number of hydrogen-bond acceptors (Lipinski definition) is 8. The lowest BCUT2D eigenvalue weighted by Gasteiger charge is -2.31. The number of likely N-dealkylation sites (N-methyl/N-ethyl adjacent to an activating group) is 3. The highest BCUT2D eigenvalue weighted by molar-refractivity contribution is 6.35. The van der Waals surface area contributed by atoms with E-state index in [-0.39, 0.29) is 32.0 Å². The second-order valence-corrected chi connectivity index (χ2v) is 9.52. The SMILES string of the molecule is CN(C)C(=O)C(=O)N1CCn2c(nc(C(=O)NCc3ccc(F)cc3)c(O)c2=O)C(N(C)C(=O)C(=O)N(C)C)C1. The van der Waals surface area contributed by atoms with Crippen LogP contribution in [0.3, 0.4) is 0 Å². The second kappa shape index (κ2) is 11.9. The highest BCUT2D eigenvalue weighted by atomic mass is 19.1. The van der Waals surface area contributed by atoms with Crippen LogP contribution in [-0.4, -0.2) is 112 Å². The van der Waals surface area contributed by atoms with E-state index in [0.29, 0.717) is 5.56 Å². The van der Waals surface area contributed by atoms with Gasteiger partial charge in [0.05, 0.1) is 0 Å². The molecule has 0 saturated heterocycles. The van der Waals surface area contributed by atoms with Crippen LogP contribution in [0.25, 0.3) is 0 Å². The Morgan fingerprint density at radius 3 is 2.15 bits per heavy atom. The van der Waals surface area contributed by atoms with Gasteiger partial charge in [0, 0.05) is 61.4 Å². The summed E-state index contributed by atoms with van der Waals surface area (Å²) in [5.41, 5.74) is -1.13. The number of aromatic nitrogens is 2. The molecule has 2 N–H and O–H groups in total. The number of aromatic hydroxyl groups is 1. The number of amides is 5. The summed E-state index contributed by atoms with van der Waals surface area (Å²) in [7, 11) is 6.76. The maximum Gasteiger partial charge on any atom is 0.312 e. The van der Waals surface area contributed by atoms with E-state index in [1.807, 2.05) is 0 Å². The van der Waals surface area contributed by atoms with E-state index in [2.05, 4.69) is 10.3 Å². The molecule has 2 aromatic rings. The summed E-state index contributed by atoms with van der Waals surface area (Å²) in [6, 6.07) is 4.02. The van der Waals surface area contributed by atoms with E-state index in [1.54, 1.807) is 0 Å². The van der Waals surface area contributed by atoms with Crippen molar-refractivity contribution in [3.05, 3.63) is 57.5 Å². The summed E-state index contributed by atoms with van der Waals surface area (Å²) in [5.74, 6) is -6.22. The standard InChI is InChI=1S/C25H30FN7O7/c1-29(2)22(37)24(39)31(5)16-13-32(25(40)23(38)30(3)4)10-11-33-19(16)28-17(18(34)21(33)36)20(35)27-12-14-6-8-15(26)9-7-14/h6-9,16,34H,10-13H2,1-5H3,(H,27,35). The fourth-order valence-corrected chi connectivity index (χ4v) is 3.95. The van der Waals surface area contributed by atoms with Crippen LogP contribution in [0.1, 0.15) is 27.9 Å². The molecule has 0 radical (unpaired) electrons. The zero-order valence-corrected chi connectivity index (χ0v) is 22.7. The van der Waals surface area contributed by atoms with Crippen LogP contribution < -0.4 is 10.9 Å². The van der Waals surface area contributed by atoms with Crippen LogP contribution >= 0.6 is 0 Å². The minimum absolute atomic E-state index is 0.0767. The monoisotopic (exact) mass is 559 g/mol. The molecule has 214 valence electrons. The zero-order valence-electron chi connectivity index (χ0n) is 22.7. The Hall–Kier alpha value is -4.82. The molecule has 15 heteroatoms. The molecule has 14 nitrogen and oxygen atoms in total. The first-order valence-corrected chi connectivity index (χ1v) is 12.1. The quantitative estimate of drug-likeness (QED) is 0.429. The molecule has 0 bridgehead atoms. The predicted molar refractivity (Wildman–Crippen MR) is 137 cm³/mol. The second-order valence-electron chi connectivity index (χ2n) is 9.52. The van der Waals surface area contributed by atoms with Gasteiger partial charge in [-0.15, -0.1) is 0 Å². The molecule has 0 fully saturated rings.